The molecule has 1 aliphatic rings. The van der Waals surface area contributed by atoms with E-state index >= 15 is 0 Å². The lowest BCUT2D eigenvalue weighted by Gasteiger charge is -2.32. The molecule has 6 nitrogen and oxygen atoms in total. The molecule has 27 heavy (non-hydrogen) atoms. The molecule has 3 rings (SSSR count). The number of aryl methyl sites for hydroxylation is 1. The van der Waals surface area contributed by atoms with Gasteiger partial charge in [-0.05, 0) is 69.9 Å². The average Bonchev–Trinajstić information content (AvgIpc) is 2.78. The van der Waals surface area contributed by atoms with Crippen molar-refractivity contribution in [3.05, 3.63) is 48.0 Å². The van der Waals surface area contributed by atoms with Crippen molar-refractivity contribution in [2.75, 3.05) is 4.72 Å². The molecule has 1 fully saturated rings. The third-order valence-electron chi connectivity index (χ3n) is 5.05. The molecule has 1 aliphatic heterocycles. The Labute approximate surface area is 159 Å². The summed E-state index contributed by atoms with van der Waals surface area (Å²) in [6.07, 6.45) is 2.66. The maximum Gasteiger partial charge on any atom is 0.495 e. The summed E-state index contributed by atoms with van der Waals surface area (Å²) in [6.45, 7) is 9.38. The summed E-state index contributed by atoms with van der Waals surface area (Å²) in [5.74, 6) is -0.680. The van der Waals surface area contributed by atoms with Crippen LogP contribution in [0, 0.1) is 12.7 Å². The van der Waals surface area contributed by atoms with E-state index in [-0.39, 0.29) is 10.6 Å². The van der Waals surface area contributed by atoms with Crippen LogP contribution in [0.25, 0.3) is 0 Å². The topological polar surface area (TPSA) is 77.5 Å². The first kappa shape index (κ1) is 19.8. The summed E-state index contributed by atoms with van der Waals surface area (Å²) in [7, 11) is -4.69. The zero-order valence-electron chi connectivity index (χ0n) is 15.9. The molecule has 0 radical (unpaired) electrons. The second-order valence-corrected chi connectivity index (χ2v) is 9.25. The predicted molar refractivity (Wildman–Crippen MR) is 102 cm³/mol. The Morgan fingerprint density at radius 1 is 1.15 bits per heavy atom. The van der Waals surface area contributed by atoms with E-state index in [0.29, 0.717) is 11.0 Å². The molecular weight excluding hydrogens is 370 g/mol. The number of nitrogens with one attached hydrogen (secondary N) is 1. The fraction of sp³-hybridized carbons (Fsp3) is 0.389. The van der Waals surface area contributed by atoms with E-state index in [0.717, 1.165) is 0 Å². The molecule has 1 aromatic heterocycles. The Hall–Kier alpha value is -1.97. The fourth-order valence-corrected chi connectivity index (χ4v) is 3.72. The van der Waals surface area contributed by atoms with Crippen LogP contribution in [-0.2, 0) is 19.3 Å². The van der Waals surface area contributed by atoms with Gasteiger partial charge in [0, 0.05) is 12.4 Å². The Balaban J connectivity index is 1.96. The van der Waals surface area contributed by atoms with Crippen LogP contribution in [0.15, 0.2) is 41.6 Å². The zero-order valence-corrected chi connectivity index (χ0v) is 16.7. The molecule has 0 amide bonds. The summed E-state index contributed by atoms with van der Waals surface area (Å²) in [5.41, 5.74) is -0.120. The minimum absolute atomic E-state index is 0.0536. The van der Waals surface area contributed by atoms with Gasteiger partial charge in [0.1, 0.15) is 10.7 Å². The van der Waals surface area contributed by atoms with Crippen molar-refractivity contribution in [1.29, 1.82) is 0 Å². The van der Waals surface area contributed by atoms with E-state index in [4.69, 9.17) is 9.31 Å². The van der Waals surface area contributed by atoms with Crippen molar-refractivity contribution in [1.82, 2.24) is 4.98 Å². The van der Waals surface area contributed by atoms with E-state index in [2.05, 4.69) is 9.71 Å². The summed E-state index contributed by atoms with van der Waals surface area (Å²) in [4.78, 5) is 3.74. The molecule has 1 saturated heterocycles. The van der Waals surface area contributed by atoms with Crippen molar-refractivity contribution in [3.8, 4) is 0 Å². The minimum Gasteiger partial charge on any atom is -0.399 e. The second-order valence-electron chi connectivity index (χ2n) is 7.57. The van der Waals surface area contributed by atoms with Crippen molar-refractivity contribution < 1.29 is 22.1 Å². The van der Waals surface area contributed by atoms with E-state index in [9.17, 15) is 12.8 Å². The number of hydrogen-bond acceptors (Lipinski definition) is 5. The molecule has 0 saturated carbocycles. The van der Waals surface area contributed by atoms with Gasteiger partial charge in [0.15, 0.2) is 0 Å². The van der Waals surface area contributed by atoms with Crippen LogP contribution in [0.3, 0.4) is 0 Å². The van der Waals surface area contributed by atoms with Gasteiger partial charge >= 0.3 is 7.12 Å². The molecular formula is C18H22BFN2O4S. The maximum absolute atomic E-state index is 14.4. The van der Waals surface area contributed by atoms with Crippen molar-refractivity contribution in [3.63, 3.8) is 0 Å². The third-order valence-corrected chi connectivity index (χ3v) is 6.40. The fourth-order valence-electron chi connectivity index (χ4n) is 2.70. The van der Waals surface area contributed by atoms with E-state index < -0.39 is 34.2 Å². The molecule has 144 valence electrons. The van der Waals surface area contributed by atoms with Crippen LogP contribution in [-0.4, -0.2) is 31.7 Å². The van der Waals surface area contributed by atoms with Gasteiger partial charge in [-0.3, -0.25) is 9.71 Å². The van der Waals surface area contributed by atoms with Gasteiger partial charge in [0.25, 0.3) is 10.0 Å². The highest BCUT2D eigenvalue weighted by Gasteiger charge is 2.52. The maximum atomic E-state index is 14.4. The van der Waals surface area contributed by atoms with E-state index in [1.165, 1.54) is 36.7 Å². The second kappa shape index (κ2) is 6.58. The molecule has 9 heteroatoms. The highest BCUT2D eigenvalue weighted by molar-refractivity contribution is 7.92. The van der Waals surface area contributed by atoms with Gasteiger partial charge in [0.05, 0.1) is 16.9 Å². The smallest absolute Gasteiger partial charge is 0.399 e. The molecule has 0 spiro atoms. The molecule has 1 aromatic carbocycles. The number of pyridine rings is 1. The third kappa shape index (κ3) is 3.72. The van der Waals surface area contributed by atoms with E-state index in [1.54, 1.807) is 6.92 Å². The van der Waals surface area contributed by atoms with Crippen LogP contribution in [0.4, 0.5) is 10.1 Å². The van der Waals surface area contributed by atoms with Crippen LogP contribution < -0.4 is 10.2 Å². The van der Waals surface area contributed by atoms with Crippen molar-refractivity contribution >= 4 is 28.3 Å². The zero-order chi connectivity index (χ0) is 20.0. The Morgan fingerprint density at radius 3 is 2.33 bits per heavy atom. The number of aromatic nitrogens is 1. The monoisotopic (exact) mass is 392 g/mol. The SMILES string of the molecule is Cc1cc(F)c(NS(=O)(=O)c2cccnc2)cc1B1OC(C)(C)C(C)(C)O1. The highest BCUT2D eigenvalue weighted by atomic mass is 32.2. The standard InChI is InChI=1S/C18H22BFN2O4S/c1-12-9-15(20)16(22-27(23,24)13-7-6-8-21-11-13)10-14(12)19-25-17(2,3)18(4,5)26-19/h6-11,22H,1-5H3. The van der Waals surface area contributed by atoms with Gasteiger partial charge in [-0.25, -0.2) is 12.8 Å². The number of nitrogens with zero attached hydrogens (tertiary/aromatic N) is 1. The summed E-state index contributed by atoms with van der Waals surface area (Å²) >= 11 is 0. The number of halogens is 1. The summed E-state index contributed by atoms with van der Waals surface area (Å²) < 4.78 is 53.7. The first-order valence-corrected chi connectivity index (χ1v) is 10.00. The quantitative estimate of drug-likeness (QED) is 0.810. The lowest BCUT2D eigenvalue weighted by Crippen LogP contribution is -2.41. The summed E-state index contributed by atoms with van der Waals surface area (Å²) in [5, 5.41) is 0. The van der Waals surface area contributed by atoms with Crippen LogP contribution in [0.2, 0.25) is 0 Å². The average molecular weight is 392 g/mol. The molecule has 0 unspecified atom stereocenters. The van der Waals surface area contributed by atoms with Gasteiger partial charge in [-0.2, -0.15) is 0 Å². The van der Waals surface area contributed by atoms with Crippen molar-refractivity contribution in [2.45, 2.75) is 50.7 Å². The van der Waals surface area contributed by atoms with Gasteiger partial charge in [0.2, 0.25) is 0 Å². The molecule has 2 heterocycles. The molecule has 2 aromatic rings. The first-order valence-electron chi connectivity index (χ1n) is 8.51. The van der Waals surface area contributed by atoms with Crippen LogP contribution >= 0.6 is 0 Å². The highest BCUT2D eigenvalue weighted by Crippen LogP contribution is 2.37. The Kier molecular flexibility index (Phi) is 4.82. The van der Waals surface area contributed by atoms with Crippen LogP contribution in [0.5, 0.6) is 0 Å². The first-order chi connectivity index (χ1) is 12.4. The number of hydrogen-bond donors (Lipinski definition) is 1. The summed E-state index contributed by atoms with van der Waals surface area (Å²) in [6, 6.07) is 5.56. The predicted octanol–water partition coefficient (Wildman–Crippen LogP) is 2.63. The van der Waals surface area contributed by atoms with Gasteiger partial charge < -0.3 is 9.31 Å². The molecule has 0 atom stereocenters. The lowest BCUT2D eigenvalue weighted by molar-refractivity contribution is 0.00578. The largest absolute Gasteiger partial charge is 0.495 e. The van der Waals surface area contributed by atoms with E-state index in [1.807, 2.05) is 27.7 Å². The minimum atomic E-state index is -3.97. The van der Waals surface area contributed by atoms with Gasteiger partial charge in [-0.15, -0.1) is 0 Å². The molecule has 0 bridgehead atoms. The Bertz CT molecular complexity index is 949. The van der Waals surface area contributed by atoms with Gasteiger partial charge in [-0.1, -0.05) is 0 Å². The number of rotatable bonds is 4. The van der Waals surface area contributed by atoms with Crippen LogP contribution in [0.1, 0.15) is 33.3 Å². The number of benzene rings is 1. The number of sulfonamides is 1. The lowest BCUT2D eigenvalue weighted by atomic mass is 9.76. The Morgan fingerprint density at radius 2 is 1.78 bits per heavy atom. The molecule has 0 aliphatic carbocycles. The molecule has 1 N–H and O–H groups in total. The number of anilines is 1. The normalized spacial score (nSPS) is 18.5. The van der Waals surface area contributed by atoms with Crippen molar-refractivity contribution in [2.24, 2.45) is 0 Å².